The van der Waals surface area contributed by atoms with Crippen LogP contribution in [0.25, 0.3) is 11.3 Å². The zero-order valence-corrected chi connectivity index (χ0v) is 15.7. The van der Waals surface area contributed by atoms with Crippen molar-refractivity contribution in [1.82, 2.24) is 18.6 Å². The molecule has 0 N–H and O–H groups in total. The molecule has 9 heteroatoms. The van der Waals surface area contributed by atoms with Crippen molar-refractivity contribution in [3.63, 3.8) is 0 Å². The van der Waals surface area contributed by atoms with E-state index in [0.717, 1.165) is 11.3 Å². The SMILES string of the molecule is O=S(=O)(N1CCOCC1)N1CCC(Oc2cccnc2-c2ccncc2)C1. The summed E-state index contributed by atoms with van der Waals surface area (Å²) in [6.45, 7) is 2.48. The van der Waals surface area contributed by atoms with Crippen LogP contribution in [0.1, 0.15) is 6.42 Å². The molecule has 27 heavy (non-hydrogen) atoms. The van der Waals surface area contributed by atoms with Crippen LogP contribution in [0.15, 0.2) is 42.9 Å². The van der Waals surface area contributed by atoms with E-state index in [1.54, 1.807) is 18.6 Å². The Morgan fingerprint density at radius 1 is 1.04 bits per heavy atom. The van der Waals surface area contributed by atoms with E-state index in [0.29, 0.717) is 51.6 Å². The highest BCUT2D eigenvalue weighted by Crippen LogP contribution is 2.30. The first kappa shape index (κ1) is 18.3. The highest BCUT2D eigenvalue weighted by Gasteiger charge is 2.37. The van der Waals surface area contributed by atoms with E-state index in [9.17, 15) is 8.42 Å². The average Bonchev–Trinajstić information content (AvgIpc) is 3.19. The molecule has 0 saturated carbocycles. The highest BCUT2D eigenvalue weighted by molar-refractivity contribution is 7.86. The van der Waals surface area contributed by atoms with E-state index in [1.165, 1.54) is 8.61 Å². The molecule has 0 amide bonds. The molecule has 2 saturated heterocycles. The fourth-order valence-electron chi connectivity index (χ4n) is 3.34. The van der Waals surface area contributed by atoms with E-state index < -0.39 is 10.2 Å². The van der Waals surface area contributed by atoms with Gasteiger partial charge >= 0.3 is 0 Å². The molecule has 0 bridgehead atoms. The maximum atomic E-state index is 12.8. The van der Waals surface area contributed by atoms with Gasteiger partial charge in [0.05, 0.1) is 19.8 Å². The van der Waals surface area contributed by atoms with Gasteiger partial charge in [-0.15, -0.1) is 0 Å². The van der Waals surface area contributed by atoms with Crippen LogP contribution in [0.4, 0.5) is 0 Å². The van der Waals surface area contributed by atoms with Crippen molar-refractivity contribution in [3.05, 3.63) is 42.9 Å². The first-order chi connectivity index (χ1) is 13.1. The smallest absolute Gasteiger partial charge is 0.282 e. The lowest BCUT2D eigenvalue weighted by molar-refractivity contribution is 0.0704. The second-order valence-electron chi connectivity index (χ2n) is 6.49. The summed E-state index contributed by atoms with van der Waals surface area (Å²) in [5, 5.41) is 0. The number of hydrogen-bond acceptors (Lipinski definition) is 6. The quantitative estimate of drug-likeness (QED) is 0.762. The lowest BCUT2D eigenvalue weighted by atomic mass is 10.1. The molecule has 0 aromatic carbocycles. The first-order valence-corrected chi connectivity index (χ1v) is 10.4. The summed E-state index contributed by atoms with van der Waals surface area (Å²) in [5.74, 6) is 0.652. The van der Waals surface area contributed by atoms with Gasteiger partial charge in [0.2, 0.25) is 0 Å². The number of rotatable bonds is 5. The van der Waals surface area contributed by atoms with Gasteiger partial charge in [0.25, 0.3) is 10.2 Å². The predicted octanol–water partition coefficient (Wildman–Crippen LogP) is 1.17. The van der Waals surface area contributed by atoms with Gasteiger partial charge in [-0.3, -0.25) is 9.97 Å². The summed E-state index contributed by atoms with van der Waals surface area (Å²) in [4.78, 5) is 8.46. The molecule has 2 aromatic heterocycles. The standard InChI is InChI=1S/C18H22N4O4S/c23-27(24,21-10-12-25-13-11-21)22-9-5-16(14-22)26-17-2-1-6-20-18(17)15-3-7-19-8-4-15/h1-4,6-8,16H,5,9-14H2. The molecule has 0 radical (unpaired) electrons. The van der Waals surface area contributed by atoms with Gasteiger partial charge in [-0.25, -0.2) is 0 Å². The monoisotopic (exact) mass is 390 g/mol. The summed E-state index contributed by atoms with van der Waals surface area (Å²) >= 11 is 0. The Morgan fingerprint density at radius 3 is 2.59 bits per heavy atom. The number of morpholine rings is 1. The third-order valence-electron chi connectivity index (χ3n) is 4.75. The van der Waals surface area contributed by atoms with Crippen LogP contribution in [0.2, 0.25) is 0 Å². The van der Waals surface area contributed by atoms with Crippen molar-refractivity contribution < 1.29 is 17.9 Å². The Kier molecular flexibility index (Phi) is 5.35. The van der Waals surface area contributed by atoms with Crippen LogP contribution in [0.3, 0.4) is 0 Å². The van der Waals surface area contributed by atoms with Crippen molar-refractivity contribution in [1.29, 1.82) is 0 Å². The van der Waals surface area contributed by atoms with Crippen LogP contribution in [0, 0.1) is 0 Å². The number of pyridine rings is 2. The summed E-state index contributed by atoms with van der Waals surface area (Å²) in [7, 11) is -3.47. The van der Waals surface area contributed by atoms with Gasteiger partial charge in [0.1, 0.15) is 17.5 Å². The van der Waals surface area contributed by atoms with Crippen LogP contribution >= 0.6 is 0 Å². The van der Waals surface area contributed by atoms with Gasteiger partial charge in [-0.2, -0.15) is 17.0 Å². The van der Waals surface area contributed by atoms with Crippen molar-refractivity contribution in [2.24, 2.45) is 0 Å². The molecular weight excluding hydrogens is 368 g/mol. The van der Waals surface area contributed by atoms with E-state index in [4.69, 9.17) is 9.47 Å². The zero-order valence-electron chi connectivity index (χ0n) is 14.9. The molecule has 1 atom stereocenters. The summed E-state index contributed by atoms with van der Waals surface area (Å²) < 4.78 is 40.0. The fraction of sp³-hybridized carbons (Fsp3) is 0.444. The Morgan fingerprint density at radius 2 is 1.81 bits per heavy atom. The third kappa shape index (κ3) is 3.96. The Labute approximate surface area is 158 Å². The summed E-state index contributed by atoms with van der Waals surface area (Å²) in [5.41, 5.74) is 1.64. The molecule has 144 valence electrons. The van der Waals surface area contributed by atoms with Crippen LogP contribution in [-0.2, 0) is 14.9 Å². The van der Waals surface area contributed by atoms with E-state index in [2.05, 4.69) is 9.97 Å². The maximum Gasteiger partial charge on any atom is 0.282 e. The third-order valence-corrected chi connectivity index (χ3v) is 6.75. The van der Waals surface area contributed by atoms with Gasteiger partial charge in [-0.05, 0) is 30.7 Å². The molecule has 1 unspecified atom stereocenters. The lowest BCUT2D eigenvalue weighted by Gasteiger charge is -2.30. The minimum atomic E-state index is -3.47. The molecule has 2 aromatic rings. The second kappa shape index (κ2) is 7.89. The first-order valence-electron chi connectivity index (χ1n) is 8.99. The Balaban J connectivity index is 1.47. The number of nitrogens with zero attached hydrogens (tertiary/aromatic N) is 4. The molecule has 4 rings (SSSR count). The Bertz CT molecular complexity index is 872. The van der Waals surface area contributed by atoms with Crippen molar-refractivity contribution in [2.45, 2.75) is 12.5 Å². The van der Waals surface area contributed by atoms with Crippen molar-refractivity contribution >= 4 is 10.2 Å². The molecule has 2 aliphatic rings. The van der Waals surface area contributed by atoms with Crippen LogP contribution in [-0.4, -0.2) is 72.5 Å². The maximum absolute atomic E-state index is 12.8. The van der Waals surface area contributed by atoms with E-state index >= 15 is 0 Å². The molecule has 4 heterocycles. The number of ether oxygens (including phenoxy) is 2. The van der Waals surface area contributed by atoms with Gasteiger partial charge in [0, 0.05) is 43.8 Å². The van der Waals surface area contributed by atoms with Gasteiger partial charge in [-0.1, -0.05) is 0 Å². The second-order valence-corrected chi connectivity index (χ2v) is 8.42. The summed E-state index contributed by atoms with van der Waals surface area (Å²) in [6, 6.07) is 7.43. The van der Waals surface area contributed by atoms with Crippen molar-refractivity contribution in [2.75, 3.05) is 39.4 Å². The molecular formula is C18H22N4O4S. The normalized spacial score (nSPS) is 22.0. The van der Waals surface area contributed by atoms with E-state index in [-0.39, 0.29) is 6.10 Å². The van der Waals surface area contributed by atoms with Gasteiger partial charge in [0.15, 0.2) is 0 Å². The van der Waals surface area contributed by atoms with E-state index in [1.807, 2.05) is 24.3 Å². The fourth-order valence-corrected chi connectivity index (χ4v) is 4.96. The van der Waals surface area contributed by atoms with Crippen LogP contribution < -0.4 is 4.74 Å². The predicted molar refractivity (Wildman–Crippen MR) is 99.4 cm³/mol. The summed E-state index contributed by atoms with van der Waals surface area (Å²) in [6.07, 6.45) is 5.58. The topological polar surface area (TPSA) is 84.9 Å². The molecule has 8 nitrogen and oxygen atoms in total. The number of aromatic nitrogens is 2. The highest BCUT2D eigenvalue weighted by atomic mass is 32.2. The van der Waals surface area contributed by atoms with Crippen molar-refractivity contribution in [3.8, 4) is 17.0 Å². The molecule has 2 fully saturated rings. The lowest BCUT2D eigenvalue weighted by Crippen LogP contribution is -2.48. The van der Waals surface area contributed by atoms with Gasteiger partial charge < -0.3 is 9.47 Å². The number of hydrogen-bond donors (Lipinski definition) is 0. The minimum Gasteiger partial charge on any atom is -0.487 e. The minimum absolute atomic E-state index is 0.203. The average molecular weight is 390 g/mol. The zero-order chi connectivity index (χ0) is 18.7. The largest absolute Gasteiger partial charge is 0.487 e. The molecule has 0 aliphatic carbocycles. The molecule has 0 spiro atoms. The molecule has 2 aliphatic heterocycles. The van der Waals surface area contributed by atoms with Crippen LogP contribution in [0.5, 0.6) is 5.75 Å². The Hall–Kier alpha value is -2.07.